The maximum absolute atomic E-state index is 14.2. The zero-order valence-corrected chi connectivity index (χ0v) is 21.8. The highest BCUT2D eigenvalue weighted by Gasteiger charge is 2.52. The van der Waals surface area contributed by atoms with E-state index in [1.54, 1.807) is 11.0 Å². The monoisotopic (exact) mass is 484 g/mol. The SMILES string of the molecule is CC[C@H]1CN(C(=O)[C@@H](CC(C)(C)C)c2cc(N3CCN(C)CC3)ccc2C(N)=O)[C@@H]2C(=O)CO[C@H]12. The van der Waals surface area contributed by atoms with Crippen LogP contribution in [0.2, 0.25) is 0 Å². The Morgan fingerprint density at radius 3 is 2.46 bits per heavy atom. The molecule has 2 amide bonds. The van der Waals surface area contributed by atoms with Crippen LogP contribution < -0.4 is 10.6 Å². The highest BCUT2D eigenvalue weighted by Crippen LogP contribution is 2.40. The van der Waals surface area contributed by atoms with Crippen molar-refractivity contribution in [2.45, 2.75) is 58.6 Å². The summed E-state index contributed by atoms with van der Waals surface area (Å²) in [6.07, 6.45) is 1.14. The summed E-state index contributed by atoms with van der Waals surface area (Å²) in [5, 5.41) is 0. The van der Waals surface area contributed by atoms with Gasteiger partial charge in [0.1, 0.15) is 12.6 Å². The van der Waals surface area contributed by atoms with Gasteiger partial charge in [0, 0.05) is 49.9 Å². The smallest absolute Gasteiger partial charge is 0.249 e. The first-order valence-corrected chi connectivity index (χ1v) is 12.8. The molecule has 192 valence electrons. The molecule has 3 fully saturated rings. The fraction of sp³-hybridized carbons (Fsp3) is 0.667. The van der Waals surface area contributed by atoms with Gasteiger partial charge in [0.05, 0.1) is 12.0 Å². The van der Waals surface area contributed by atoms with Gasteiger partial charge in [0.25, 0.3) is 0 Å². The van der Waals surface area contributed by atoms with E-state index < -0.39 is 17.9 Å². The number of hydrogen-bond acceptors (Lipinski definition) is 6. The van der Waals surface area contributed by atoms with Gasteiger partial charge in [0.2, 0.25) is 11.8 Å². The molecular weight excluding hydrogens is 444 g/mol. The van der Waals surface area contributed by atoms with Crippen molar-refractivity contribution < 1.29 is 19.1 Å². The number of ether oxygens (including phenoxy) is 1. The molecule has 0 radical (unpaired) electrons. The number of nitrogens with zero attached hydrogens (tertiary/aromatic N) is 3. The Morgan fingerprint density at radius 2 is 1.86 bits per heavy atom. The van der Waals surface area contributed by atoms with Crippen molar-refractivity contribution in [2.24, 2.45) is 17.1 Å². The minimum atomic E-state index is -0.574. The molecule has 1 aromatic carbocycles. The van der Waals surface area contributed by atoms with Gasteiger partial charge in [-0.15, -0.1) is 0 Å². The number of rotatable bonds is 6. The maximum atomic E-state index is 14.2. The molecule has 8 nitrogen and oxygen atoms in total. The number of likely N-dealkylation sites (N-methyl/N-ethyl adjacent to an activating group) is 1. The highest BCUT2D eigenvalue weighted by atomic mass is 16.5. The van der Waals surface area contributed by atoms with Gasteiger partial charge in [-0.25, -0.2) is 0 Å². The molecule has 0 aromatic heterocycles. The number of piperazine rings is 1. The molecule has 3 saturated heterocycles. The highest BCUT2D eigenvalue weighted by molar-refractivity contribution is 5.99. The Hall–Kier alpha value is -2.45. The fourth-order valence-electron chi connectivity index (χ4n) is 5.81. The molecule has 1 aromatic rings. The number of hydrogen-bond donors (Lipinski definition) is 1. The molecule has 3 aliphatic heterocycles. The number of likely N-dealkylation sites (tertiary alicyclic amines) is 1. The Kier molecular flexibility index (Phi) is 7.25. The standard InChI is InChI=1S/C27H40N4O4/c1-6-17-15-31(23-22(32)16-35-24(17)23)26(34)21(14-27(2,3)4)20-13-18(7-8-19(20)25(28)33)30-11-9-29(5)10-12-30/h7-8,13,17,21,23-24H,6,9-12,14-16H2,1-5H3,(H2,28,33)/t17-,21-,23+,24+/m0/s1. The van der Waals surface area contributed by atoms with E-state index in [0.29, 0.717) is 24.1 Å². The van der Waals surface area contributed by atoms with Gasteiger partial charge >= 0.3 is 0 Å². The Labute approximate surface area is 208 Å². The summed E-state index contributed by atoms with van der Waals surface area (Å²) < 4.78 is 5.80. The summed E-state index contributed by atoms with van der Waals surface area (Å²) >= 11 is 0. The van der Waals surface area contributed by atoms with Gasteiger partial charge in [-0.1, -0.05) is 27.7 Å². The number of benzene rings is 1. The molecule has 0 saturated carbocycles. The summed E-state index contributed by atoms with van der Waals surface area (Å²) in [7, 11) is 2.11. The van der Waals surface area contributed by atoms with Gasteiger partial charge in [-0.3, -0.25) is 14.4 Å². The summed E-state index contributed by atoms with van der Waals surface area (Å²) in [5.41, 5.74) is 7.66. The van der Waals surface area contributed by atoms with Crippen LogP contribution in [-0.2, 0) is 14.3 Å². The number of amides is 2. The molecule has 35 heavy (non-hydrogen) atoms. The lowest BCUT2D eigenvalue weighted by Crippen LogP contribution is -2.45. The van der Waals surface area contributed by atoms with E-state index in [-0.39, 0.29) is 35.7 Å². The van der Waals surface area contributed by atoms with Crippen molar-refractivity contribution in [1.82, 2.24) is 9.80 Å². The molecule has 8 heteroatoms. The third kappa shape index (κ3) is 5.23. The lowest BCUT2D eigenvalue weighted by Gasteiger charge is -2.35. The number of Topliss-reactive ketones (excluding diaryl/α,β-unsaturated/α-hetero) is 1. The number of nitrogens with two attached hydrogens (primary N) is 1. The van der Waals surface area contributed by atoms with Crippen LogP contribution in [0.25, 0.3) is 0 Å². The third-order valence-corrected chi connectivity index (χ3v) is 7.76. The van der Waals surface area contributed by atoms with E-state index >= 15 is 0 Å². The molecule has 3 heterocycles. The quantitative estimate of drug-likeness (QED) is 0.665. The molecular formula is C27H40N4O4. The van der Waals surface area contributed by atoms with E-state index in [4.69, 9.17) is 10.5 Å². The summed E-state index contributed by atoms with van der Waals surface area (Å²) in [6.45, 7) is 12.6. The first-order chi connectivity index (χ1) is 16.5. The minimum absolute atomic E-state index is 0.0323. The predicted molar refractivity (Wildman–Crippen MR) is 136 cm³/mol. The van der Waals surface area contributed by atoms with Crippen molar-refractivity contribution in [1.29, 1.82) is 0 Å². The molecule has 4 atom stereocenters. The number of ketones is 1. The normalized spacial score (nSPS) is 26.2. The summed E-state index contributed by atoms with van der Waals surface area (Å²) in [4.78, 5) is 45.8. The summed E-state index contributed by atoms with van der Waals surface area (Å²) in [5.74, 6) is -1.12. The van der Waals surface area contributed by atoms with Crippen molar-refractivity contribution in [3.63, 3.8) is 0 Å². The average Bonchev–Trinajstić information content (AvgIpc) is 3.37. The van der Waals surface area contributed by atoms with Gasteiger partial charge in [-0.2, -0.15) is 0 Å². The van der Waals surface area contributed by atoms with Crippen LogP contribution >= 0.6 is 0 Å². The van der Waals surface area contributed by atoms with E-state index in [2.05, 4.69) is 44.5 Å². The molecule has 2 N–H and O–H groups in total. The van der Waals surface area contributed by atoms with Crippen LogP contribution in [-0.4, -0.2) is 85.9 Å². The first-order valence-electron chi connectivity index (χ1n) is 12.8. The number of primary amides is 1. The van der Waals surface area contributed by atoms with E-state index in [1.165, 1.54) is 0 Å². The maximum Gasteiger partial charge on any atom is 0.249 e. The van der Waals surface area contributed by atoms with Gasteiger partial charge in [-0.05, 0) is 49.1 Å². The van der Waals surface area contributed by atoms with Crippen LogP contribution in [0, 0.1) is 11.3 Å². The van der Waals surface area contributed by atoms with Crippen LogP contribution in [0.4, 0.5) is 5.69 Å². The van der Waals surface area contributed by atoms with E-state index in [1.807, 2.05) is 12.1 Å². The predicted octanol–water partition coefficient (Wildman–Crippen LogP) is 2.26. The minimum Gasteiger partial charge on any atom is -0.369 e. The second-order valence-electron chi connectivity index (χ2n) is 11.6. The Morgan fingerprint density at radius 1 is 1.17 bits per heavy atom. The second kappa shape index (κ2) is 9.90. The molecule has 0 unspecified atom stereocenters. The van der Waals surface area contributed by atoms with Gasteiger partial charge < -0.3 is 25.2 Å². The van der Waals surface area contributed by atoms with Crippen molar-refractivity contribution >= 4 is 23.3 Å². The largest absolute Gasteiger partial charge is 0.369 e. The second-order valence-corrected chi connectivity index (χ2v) is 11.6. The molecule has 0 aliphatic carbocycles. The van der Waals surface area contributed by atoms with Crippen molar-refractivity contribution in [3.8, 4) is 0 Å². The zero-order valence-electron chi connectivity index (χ0n) is 21.8. The zero-order chi connectivity index (χ0) is 25.5. The number of carbonyl (C=O) groups is 3. The molecule has 0 bridgehead atoms. The average molecular weight is 485 g/mol. The molecule has 3 aliphatic rings. The lowest BCUT2D eigenvalue weighted by molar-refractivity contribution is -0.138. The van der Waals surface area contributed by atoms with Crippen LogP contribution in [0.5, 0.6) is 0 Å². The van der Waals surface area contributed by atoms with Crippen molar-refractivity contribution in [3.05, 3.63) is 29.3 Å². The Bertz CT molecular complexity index is 980. The van der Waals surface area contributed by atoms with Gasteiger partial charge in [0.15, 0.2) is 5.78 Å². The fourth-order valence-corrected chi connectivity index (χ4v) is 5.81. The molecule has 0 spiro atoms. The van der Waals surface area contributed by atoms with Crippen LogP contribution in [0.1, 0.15) is 62.4 Å². The number of carbonyl (C=O) groups excluding carboxylic acids is 3. The van der Waals surface area contributed by atoms with Crippen LogP contribution in [0.15, 0.2) is 18.2 Å². The topological polar surface area (TPSA) is 96.2 Å². The van der Waals surface area contributed by atoms with E-state index in [9.17, 15) is 14.4 Å². The van der Waals surface area contributed by atoms with E-state index in [0.717, 1.165) is 38.3 Å². The first kappa shape index (κ1) is 25.6. The number of fused-ring (bicyclic) bond motifs is 1. The third-order valence-electron chi connectivity index (χ3n) is 7.76. The summed E-state index contributed by atoms with van der Waals surface area (Å²) in [6, 6.07) is 5.14. The lowest BCUT2D eigenvalue weighted by atomic mass is 9.79. The molecule has 4 rings (SSSR count). The van der Waals surface area contributed by atoms with Crippen molar-refractivity contribution in [2.75, 3.05) is 51.3 Å². The Balaban J connectivity index is 1.74. The number of anilines is 1. The van der Waals surface area contributed by atoms with Crippen LogP contribution in [0.3, 0.4) is 0 Å².